The molecule has 0 atom stereocenters. The average molecular weight is 181 g/mol. The summed E-state index contributed by atoms with van der Waals surface area (Å²) in [5.74, 6) is 1.34. The van der Waals surface area contributed by atoms with Crippen LogP contribution in [0.5, 0.6) is 0 Å². The van der Waals surface area contributed by atoms with Crippen molar-refractivity contribution < 1.29 is 4.79 Å². The van der Waals surface area contributed by atoms with Gasteiger partial charge in [0.1, 0.15) is 0 Å². The van der Waals surface area contributed by atoms with E-state index in [0.29, 0.717) is 12.5 Å². The van der Waals surface area contributed by atoms with Crippen molar-refractivity contribution in [2.24, 2.45) is 0 Å². The van der Waals surface area contributed by atoms with E-state index in [9.17, 15) is 4.79 Å². The number of rotatable bonds is 1. The number of anilines is 1. The molecule has 0 radical (unpaired) electrons. The van der Waals surface area contributed by atoms with Gasteiger partial charge in [0.05, 0.1) is 0 Å². The second-order valence-corrected chi connectivity index (χ2v) is 3.36. The number of thioether (sulfide) groups is 1. The highest BCUT2D eigenvalue weighted by Crippen LogP contribution is 2.20. The van der Waals surface area contributed by atoms with E-state index in [1.807, 2.05) is 0 Å². The minimum Gasteiger partial charge on any atom is -0.271 e. The van der Waals surface area contributed by atoms with Gasteiger partial charge in [-0.2, -0.15) is 0 Å². The van der Waals surface area contributed by atoms with E-state index in [1.165, 1.54) is 11.8 Å². The van der Waals surface area contributed by atoms with E-state index in [2.05, 4.69) is 9.97 Å². The molecule has 0 N–H and O–H groups in total. The van der Waals surface area contributed by atoms with Crippen LogP contribution in [-0.4, -0.2) is 27.5 Å². The summed E-state index contributed by atoms with van der Waals surface area (Å²) >= 11 is 1.31. The summed E-state index contributed by atoms with van der Waals surface area (Å²) in [5, 5.41) is 0.0428. The van der Waals surface area contributed by atoms with Gasteiger partial charge >= 0.3 is 0 Å². The second kappa shape index (κ2) is 3.10. The second-order valence-electron chi connectivity index (χ2n) is 2.31. The van der Waals surface area contributed by atoms with Crippen LogP contribution < -0.4 is 4.90 Å². The summed E-state index contributed by atoms with van der Waals surface area (Å²) in [6.45, 7) is 0.716. The van der Waals surface area contributed by atoms with Crippen molar-refractivity contribution in [3.63, 3.8) is 0 Å². The van der Waals surface area contributed by atoms with Crippen LogP contribution in [0.1, 0.15) is 0 Å². The molecule has 0 unspecified atom stereocenters. The maximum absolute atomic E-state index is 11.2. The molecule has 0 bridgehead atoms. The number of aromatic nitrogens is 2. The Balaban J connectivity index is 2.25. The molecule has 1 aliphatic heterocycles. The quantitative estimate of drug-likeness (QED) is 0.652. The van der Waals surface area contributed by atoms with E-state index < -0.39 is 0 Å². The summed E-state index contributed by atoms with van der Waals surface area (Å²) < 4.78 is 0. The van der Waals surface area contributed by atoms with Gasteiger partial charge in [0.15, 0.2) is 0 Å². The van der Waals surface area contributed by atoms with Gasteiger partial charge in [0.25, 0.3) is 5.24 Å². The molecule has 5 heteroatoms. The molecule has 0 saturated carbocycles. The van der Waals surface area contributed by atoms with Crippen LogP contribution in [0.4, 0.5) is 10.7 Å². The summed E-state index contributed by atoms with van der Waals surface area (Å²) in [4.78, 5) is 20.8. The number of carbonyl (C=O) groups is 1. The topological polar surface area (TPSA) is 46.1 Å². The Labute approximate surface area is 74.0 Å². The Morgan fingerprint density at radius 2 is 2.17 bits per heavy atom. The van der Waals surface area contributed by atoms with Gasteiger partial charge in [-0.05, 0) is 6.07 Å². The normalized spacial score (nSPS) is 17.0. The van der Waals surface area contributed by atoms with Gasteiger partial charge in [-0.1, -0.05) is 11.8 Å². The van der Waals surface area contributed by atoms with Crippen molar-refractivity contribution in [2.75, 3.05) is 17.2 Å². The van der Waals surface area contributed by atoms with Crippen molar-refractivity contribution in [3.8, 4) is 0 Å². The molecular weight excluding hydrogens is 174 g/mol. The first kappa shape index (κ1) is 7.54. The molecule has 0 spiro atoms. The van der Waals surface area contributed by atoms with Crippen LogP contribution in [0.3, 0.4) is 0 Å². The van der Waals surface area contributed by atoms with Crippen LogP contribution in [0.15, 0.2) is 18.5 Å². The fraction of sp³-hybridized carbons (Fsp3) is 0.286. The Bertz CT molecular complexity index is 290. The summed E-state index contributed by atoms with van der Waals surface area (Å²) in [6.07, 6.45) is 3.28. The predicted octanol–water partition coefficient (Wildman–Crippen LogP) is 1.15. The monoisotopic (exact) mass is 181 g/mol. The van der Waals surface area contributed by atoms with E-state index in [4.69, 9.17) is 0 Å². The zero-order chi connectivity index (χ0) is 8.39. The molecule has 1 fully saturated rings. The molecule has 12 heavy (non-hydrogen) atoms. The van der Waals surface area contributed by atoms with Crippen molar-refractivity contribution in [2.45, 2.75) is 0 Å². The molecule has 1 aromatic heterocycles. The first-order chi connectivity index (χ1) is 5.88. The van der Waals surface area contributed by atoms with Crippen molar-refractivity contribution >= 4 is 22.9 Å². The average Bonchev–Trinajstić information content (AvgIpc) is 2.53. The molecule has 2 heterocycles. The largest absolute Gasteiger partial charge is 0.288 e. The molecular formula is C7H7N3OS. The van der Waals surface area contributed by atoms with Crippen LogP contribution in [0.25, 0.3) is 0 Å². The Hall–Kier alpha value is -1.10. The summed E-state index contributed by atoms with van der Waals surface area (Å²) in [5.41, 5.74) is 0. The zero-order valence-corrected chi connectivity index (χ0v) is 7.12. The third kappa shape index (κ3) is 1.27. The highest BCUT2D eigenvalue weighted by atomic mass is 32.2. The molecule has 4 nitrogen and oxygen atoms in total. The molecule has 0 aromatic carbocycles. The standard InChI is InChI=1S/C7H7N3OS/c11-7-10(4-5-12-7)6-8-2-1-3-9-6/h1-3H,4-5H2. The molecule has 1 aromatic rings. The highest BCUT2D eigenvalue weighted by molar-refractivity contribution is 8.14. The number of carbonyl (C=O) groups excluding carboxylic acids is 1. The summed E-state index contributed by atoms with van der Waals surface area (Å²) in [6, 6.07) is 1.73. The lowest BCUT2D eigenvalue weighted by atomic mass is 10.6. The van der Waals surface area contributed by atoms with Crippen LogP contribution in [0.2, 0.25) is 0 Å². The van der Waals surface area contributed by atoms with Crippen molar-refractivity contribution in [3.05, 3.63) is 18.5 Å². The molecule has 1 aliphatic rings. The van der Waals surface area contributed by atoms with Gasteiger partial charge in [-0.3, -0.25) is 9.69 Å². The number of hydrogen-bond donors (Lipinski definition) is 0. The van der Waals surface area contributed by atoms with Gasteiger partial charge in [0.2, 0.25) is 5.95 Å². The predicted molar refractivity (Wildman–Crippen MR) is 47.2 cm³/mol. The fourth-order valence-electron chi connectivity index (χ4n) is 1.01. The van der Waals surface area contributed by atoms with Gasteiger partial charge in [-0.25, -0.2) is 9.97 Å². The van der Waals surface area contributed by atoms with Crippen molar-refractivity contribution in [1.82, 2.24) is 9.97 Å². The number of nitrogens with zero attached hydrogens (tertiary/aromatic N) is 3. The Kier molecular flexibility index (Phi) is 1.95. The maximum Gasteiger partial charge on any atom is 0.288 e. The lowest BCUT2D eigenvalue weighted by Crippen LogP contribution is -2.24. The van der Waals surface area contributed by atoms with Gasteiger partial charge in [-0.15, -0.1) is 0 Å². The molecule has 2 rings (SSSR count). The molecule has 1 saturated heterocycles. The first-order valence-electron chi connectivity index (χ1n) is 3.59. The minimum atomic E-state index is 0.0428. The Morgan fingerprint density at radius 1 is 1.42 bits per heavy atom. The highest BCUT2D eigenvalue weighted by Gasteiger charge is 2.24. The lowest BCUT2D eigenvalue weighted by Gasteiger charge is -2.10. The number of amides is 1. The fourth-order valence-corrected chi connectivity index (χ4v) is 1.78. The van der Waals surface area contributed by atoms with Crippen molar-refractivity contribution in [1.29, 1.82) is 0 Å². The van der Waals surface area contributed by atoms with Crippen LogP contribution >= 0.6 is 11.8 Å². The third-order valence-electron chi connectivity index (χ3n) is 1.55. The van der Waals surface area contributed by atoms with Crippen LogP contribution in [0, 0.1) is 0 Å². The van der Waals surface area contributed by atoms with E-state index in [-0.39, 0.29) is 5.24 Å². The number of hydrogen-bond acceptors (Lipinski definition) is 4. The van der Waals surface area contributed by atoms with E-state index in [0.717, 1.165) is 5.75 Å². The molecule has 1 amide bonds. The smallest absolute Gasteiger partial charge is 0.271 e. The Morgan fingerprint density at radius 3 is 2.75 bits per heavy atom. The summed E-state index contributed by atoms with van der Waals surface area (Å²) in [7, 11) is 0. The first-order valence-corrected chi connectivity index (χ1v) is 4.58. The zero-order valence-electron chi connectivity index (χ0n) is 6.30. The van der Waals surface area contributed by atoms with Gasteiger partial charge < -0.3 is 0 Å². The maximum atomic E-state index is 11.2. The van der Waals surface area contributed by atoms with Gasteiger partial charge in [0, 0.05) is 24.7 Å². The van der Waals surface area contributed by atoms with Crippen LogP contribution in [-0.2, 0) is 0 Å². The lowest BCUT2D eigenvalue weighted by molar-refractivity contribution is 0.266. The van der Waals surface area contributed by atoms with E-state index in [1.54, 1.807) is 23.4 Å². The molecule has 62 valence electrons. The minimum absolute atomic E-state index is 0.0428. The molecule has 0 aliphatic carbocycles. The SMILES string of the molecule is O=C1SCCN1c1ncccn1. The third-order valence-corrected chi connectivity index (χ3v) is 2.41. The van der Waals surface area contributed by atoms with E-state index >= 15 is 0 Å².